The van der Waals surface area contributed by atoms with Crippen molar-refractivity contribution in [2.24, 2.45) is 10.4 Å². The van der Waals surface area contributed by atoms with Gasteiger partial charge in [-0.25, -0.2) is 4.99 Å². The number of hydrogen-bond donors (Lipinski definition) is 2. The molecule has 0 spiro atoms. The van der Waals surface area contributed by atoms with Crippen molar-refractivity contribution in [3.05, 3.63) is 0 Å². The number of carbonyl (C=O) groups excluding carboxylic acids is 1. The van der Waals surface area contributed by atoms with Gasteiger partial charge in [-0.1, -0.05) is 13.3 Å². The Kier molecular flexibility index (Phi) is 9.24. The number of hydrogen-bond acceptors (Lipinski definition) is 2. The summed E-state index contributed by atoms with van der Waals surface area (Å²) in [6.07, 6.45) is 8.68. The van der Waals surface area contributed by atoms with E-state index in [1.54, 1.807) is 0 Å². The molecule has 0 bridgehead atoms. The number of amides is 1. The van der Waals surface area contributed by atoms with E-state index < -0.39 is 0 Å². The number of carbonyl (C=O) groups is 1. The first-order valence-electron chi connectivity index (χ1n) is 8.99. The molecule has 0 aromatic heterocycles. The average Bonchev–Trinajstić information content (AvgIpc) is 2.52. The quantitative estimate of drug-likeness (QED) is 0.383. The Morgan fingerprint density at radius 2 is 1.78 bits per heavy atom. The van der Waals surface area contributed by atoms with Crippen LogP contribution >= 0.6 is 24.0 Å². The van der Waals surface area contributed by atoms with E-state index in [0.29, 0.717) is 5.41 Å². The molecule has 0 unspecified atom stereocenters. The van der Waals surface area contributed by atoms with Crippen LogP contribution < -0.4 is 10.6 Å². The molecule has 1 aliphatic carbocycles. The third kappa shape index (κ3) is 6.12. The van der Waals surface area contributed by atoms with Gasteiger partial charge in [-0.2, -0.15) is 0 Å². The Morgan fingerprint density at radius 3 is 2.30 bits per heavy atom. The molecule has 2 N–H and O–H groups in total. The Balaban J connectivity index is 0.00000264. The monoisotopic (exact) mass is 436 g/mol. The molecule has 134 valence electrons. The largest absolute Gasteiger partial charge is 0.357 e. The minimum atomic E-state index is 0. The van der Waals surface area contributed by atoms with Gasteiger partial charge >= 0.3 is 0 Å². The minimum absolute atomic E-state index is 0. The second-order valence-corrected chi connectivity index (χ2v) is 6.70. The Hall–Kier alpha value is -0.530. The van der Waals surface area contributed by atoms with Crippen LogP contribution in [0.5, 0.6) is 0 Å². The maximum Gasteiger partial charge on any atom is 0.244 e. The van der Waals surface area contributed by atoms with E-state index in [-0.39, 0.29) is 36.4 Å². The third-order valence-electron chi connectivity index (χ3n) is 5.22. The highest BCUT2D eigenvalue weighted by Gasteiger charge is 2.34. The third-order valence-corrected chi connectivity index (χ3v) is 5.22. The van der Waals surface area contributed by atoms with Crippen LogP contribution in [-0.4, -0.2) is 49.5 Å². The molecule has 0 aromatic rings. The lowest BCUT2D eigenvalue weighted by Gasteiger charge is -2.41. The summed E-state index contributed by atoms with van der Waals surface area (Å²) in [5.74, 6) is 0.943. The molecule has 6 heteroatoms. The van der Waals surface area contributed by atoms with Crippen molar-refractivity contribution in [2.75, 3.05) is 32.7 Å². The van der Waals surface area contributed by atoms with Gasteiger partial charge in [-0.3, -0.25) is 4.79 Å². The number of guanidine groups is 1. The fraction of sp³-hybridized carbons (Fsp3) is 0.882. The van der Waals surface area contributed by atoms with Gasteiger partial charge in [0.15, 0.2) is 5.96 Å². The summed E-state index contributed by atoms with van der Waals surface area (Å²) in [5, 5.41) is 6.69. The highest BCUT2D eigenvalue weighted by molar-refractivity contribution is 14.0. The first-order valence-corrected chi connectivity index (χ1v) is 8.99. The number of halogens is 1. The lowest BCUT2D eigenvalue weighted by Crippen LogP contribution is -2.46. The maximum atomic E-state index is 12.2. The van der Waals surface area contributed by atoms with Gasteiger partial charge < -0.3 is 15.5 Å². The van der Waals surface area contributed by atoms with Crippen molar-refractivity contribution in [3.63, 3.8) is 0 Å². The van der Waals surface area contributed by atoms with Crippen LogP contribution in [-0.2, 0) is 4.79 Å². The fourth-order valence-corrected chi connectivity index (χ4v) is 3.34. The number of likely N-dealkylation sites (tertiary alicyclic amines) is 1. The van der Waals surface area contributed by atoms with Crippen molar-refractivity contribution in [3.8, 4) is 0 Å². The van der Waals surface area contributed by atoms with Gasteiger partial charge in [0, 0.05) is 26.2 Å². The molecule has 2 aliphatic rings. The standard InChI is InChI=1S/C17H32N4O.HI/c1-3-17(9-8-10-17)14-20-16(18-4-2)19-13-15(22)21-11-6-5-7-12-21;/h3-14H2,1-2H3,(H2,18,19,20);1H. The van der Waals surface area contributed by atoms with E-state index in [0.717, 1.165) is 45.0 Å². The molecule has 1 saturated carbocycles. The fourth-order valence-electron chi connectivity index (χ4n) is 3.34. The molecule has 1 aliphatic heterocycles. The normalized spacial score (nSPS) is 20.3. The van der Waals surface area contributed by atoms with E-state index in [4.69, 9.17) is 0 Å². The molecule has 2 rings (SSSR count). The van der Waals surface area contributed by atoms with Crippen molar-refractivity contribution in [2.45, 2.75) is 58.8 Å². The molecule has 23 heavy (non-hydrogen) atoms. The molecule has 5 nitrogen and oxygen atoms in total. The van der Waals surface area contributed by atoms with E-state index in [9.17, 15) is 4.79 Å². The van der Waals surface area contributed by atoms with Crippen LogP contribution in [0.3, 0.4) is 0 Å². The van der Waals surface area contributed by atoms with Crippen LogP contribution in [0, 0.1) is 5.41 Å². The predicted molar refractivity (Wildman–Crippen MR) is 106 cm³/mol. The summed E-state index contributed by atoms with van der Waals surface area (Å²) >= 11 is 0. The first kappa shape index (κ1) is 20.5. The minimum Gasteiger partial charge on any atom is -0.357 e. The number of nitrogens with one attached hydrogen (secondary N) is 2. The maximum absolute atomic E-state index is 12.2. The molecular formula is C17H33IN4O. The summed E-state index contributed by atoms with van der Waals surface area (Å²) in [7, 11) is 0. The van der Waals surface area contributed by atoms with Crippen LogP contribution in [0.2, 0.25) is 0 Å². The highest BCUT2D eigenvalue weighted by atomic mass is 127. The van der Waals surface area contributed by atoms with E-state index in [1.807, 2.05) is 4.90 Å². The zero-order valence-corrected chi connectivity index (χ0v) is 17.0. The lowest BCUT2D eigenvalue weighted by atomic mass is 9.67. The number of rotatable bonds is 6. The van der Waals surface area contributed by atoms with Crippen LogP contribution in [0.25, 0.3) is 0 Å². The predicted octanol–water partition coefficient (Wildman–Crippen LogP) is 2.75. The lowest BCUT2D eigenvalue weighted by molar-refractivity contribution is -0.130. The molecule has 0 atom stereocenters. The van der Waals surface area contributed by atoms with E-state index in [2.05, 4.69) is 29.5 Å². The summed E-state index contributed by atoms with van der Waals surface area (Å²) < 4.78 is 0. The Morgan fingerprint density at radius 1 is 1.09 bits per heavy atom. The van der Waals surface area contributed by atoms with Crippen molar-refractivity contribution in [1.82, 2.24) is 15.5 Å². The summed E-state index contributed by atoms with van der Waals surface area (Å²) in [5.41, 5.74) is 0.451. The molecule has 1 heterocycles. The second-order valence-electron chi connectivity index (χ2n) is 6.70. The average molecular weight is 436 g/mol. The van der Waals surface area contributed by atoms with Crippen molar-refractivity contribution in [1.29, 1.82) is 0 Å². The van der Waals surface area contributed by atoms with Crippen molar-refractivity contribution < 1.29 is 4.79 Å². The zero-order chi connectivity index (χ0) is 15.8. The molecule has 0 radical (unpaired) electrons. The number of nitrogens with zero attached hydrogens (tertiary/aromatic N) is 2. The molecule has 2 fully saturated rings. The van der Waals surface area contributed by atoms with E-state index in [1.165, 1.54) is 32.1 Å². The van der Waals surface area contributed by atoms with Gasteiger partial charge in [0.25, 0.3) is 0 Å². The van der Waals surface area contributed by atoms with Gasteiger partial charge in [0.1, 0.15) is 6.54 Å². The molecule has 1 amide bonds. The molecular weight excluding hydrogens is 403 g/mol. The number of piperidine rings is 1. The van der Waals surface area contributed by atoms with E-state index >= 15 is 0 Å². The smallest absolute Gasteiger partial charge is 0.244 e. The van der Waals surface area contributed by atoms with Crippen LogP contribution in [0.1, 0.15) is 58.8 Å². The summed E-state index contributed by atoms with van der Waals surface area (Å²) in [4.78, 5) is 18.6. The van der Waals surface area contributed by atoms with Gasteiger partial charge in [-0.15, -0.1) is 24.0 Å². The zero-order valence-electron chi connectivity index (χ0n) is 14.7. The summed E-state index contributed by atoms with van der Waals surface area (Å²) in [6, 6.07) is 0. The van der Waals surface area contributed by atoms with Gasteiger partial charge in [-0.05, 0) is 50.9 Å². The van der Waals surface area contributed by atoms with Gasteiger partial charge in [0.05, 0.1) is 0 Å². The Bertz CT molecular complexity index is 385. The topological polar surface area (TPSA) is 56.7 Å². The van der Waals surface area contributed by atoms with Crippen LogP contribution in [0.15, 0.2) is 4.99 Å². The highest BCUT2D eigenvalue weighted by Crippen LogP contribution is 2.42. The SMILES string of the molecule is CCNC(=NCC(=O)N1CCCCC1)NCC1(CC)CCC1.I. The molecule has 0 aromatic carbocycles. The second kappa shape index (κ2) is 10.4. The summed E-state index contributed by atoms with van der Waals surface area (Å²) in [6.45, 7) is 8.17. The molecule has 1 saturated heterocycles. The van der Waals surface area contributed by atoms with Crippen molar-refractivity contribution >= 4 is 35.8 Å². The van der Waals surface area contributed by atoms with Gasteiger partial charge in [0.2, 0.25) is 5.91 Å². The number of aliphatic imine (C=N–C) groups is 1. The first-order chi connectivity index (χ1) is 10.7. The Labute approximate surface area is 158 Å². The van der Waals surface area contributed by atoms with Crippen LogP contribution in [0.4, 0.5) is 0 Å².